The number of ether oxygens (including phenoxy) is 1. The Bertz CT molecular complexity index is 759. The van der Waals surface area contributed by atoms with Crippen molar-refractivity contribution in [3.63, 3.8) is 0 Å². The minimum atomic E-state index is -0.421. The van der Waals surface area contributed by atoms with Gasteiger partial charge in [0.05, 0.1) is 18.4 Å². The Kier molecular flexibility index (Phi) is 2.52. The average Bonchev–Trinajstić information content (AvgIpc) is 3.02. The van der Waals surface area contributed by atoms with Crippen molar-refractivity contribution >= 4 is 11.6 Å². The second-order valence-electron chi connectivity index (χ2n) is 3.99. The summed E-state index contributed by atoms with van der Waals surface area (Å²) in [4.78, 5) is 11.5. The van der Waals surface area contributed by atoms with Crippen LogP contribution >= 0.6 is 0 Å². The zero-order chi connectivity index (χ0) is 13.4. The molecule has 3 rings (SSSR count). The van der Waals surface area contributed by atoms with E-state index in [1.54, 1.807) is 28.8 Å². The van der Waals surface area contributed by atoms with Gasteiger partial charge in [0.1, 0.15) is 0 Å². The summed E-state index contributed by atoms with van der Waals surface area (Å²) >= 11 is 0. The molecule has 0 bridgehead atoms. The van der Waals surface area contributed by atoms with Crippen molar-refractivity contribution in [1.29, 1.82) is 0 Å². The number of esters is 1. The summed E-state index contributed by atoms with van der Waals surface area (Å²) in [5.74, 6) is 0.559. The maximum absolute atomic E-state index is 11.5. The Balaban J connectivity index is 2.18. The molecule has 0 atom stereocenters. The van der Waals surface area contributed by atoms with Crippen molar-refractivity contribution in [2.45, 2.75) is 6.92 Å². The van der Waals surface area contributed by atoms with E-state index in [0.717, 1.165) is 5.69 Å². The number of methoxy groups -OCH3 is 1. The molecule has 3 heterocycles. The van der Waals surface area contributed by atoms with E-state index in [4.69, 9.17) is 4.52 Å². The van der Waals surface area contributed by atoms with Crippen LogP contribution in [0.2, 0.25) is 0 Å². The number of carbonyl (C=O) groups is 1. The third-order valence-corrected chi connectivity index (χ3v) is 2.67. The third-order valence-electron chi connectivity index (χ3n) is 2.67. The van der Waals surface area contributed by atoms with Gasteiger partial charge < -0.3 is 9.26 Å². The smallest absolute Gasteiger partial charge is 0.339 e. The third kappa shape index (κ3) is 1.85. The molecule has 0 unspecified atom stereocenters. The molecular formula is C12H10N4O3. The predicted molar refractivity (Wildman–Crippen MR) is 64.6 cm³/mol. The fourth-order valence-electron chi connectivity index (χ4n) is 1.77. The van der Waals surface area contributed by atoms with Gasteiger partial charge in [0.25, 0.3) is 0 Å². The van der Waals surface area contributed by atoms with Crippen LogP contribution in [0.3, 0.4) is 0 Å². The molecule has 7 nitrogen and oxygen atoms in total. The molecule has 0 aliphatic carbocycles. The van der Waals surface area contributed by atoms with Gasteiger partial charge in [-0.1, -0.05) is 5.16 Å². The lowest BCUT2D eigenvalue weighted by Gasteiger charge is -2.00. The standard InChI is InChI=1S/C12H10N4O3/c1-7-5-9(19-15-7)11-14-13-10-4-3-8(6-16(10)11)12(17)18-2/h3-6H,1-2H3. The van der Waals surface area contributed by atoms with Gasteiger partial charge in [-0.2, -0.15) is 0 Å². The minimum absolute atomic E-state index is 0.410. The first-order valence-electron chi connectivity index (χ1n) is 5.56. The molecule has 0 aliphatic rings. The number of nitrogens with zero attached hydrogens (tertiary/aromatic N) is 4. The lowest BCUT2D eigenvalue weighted by atomic mass is 10.3. The molecule has 7 heteroatoms. The second-order valence-corrected chi connectivity index (χ2v) is 3.99. The number of hydrogen-bond donors (Lipinski definition) is 0. The van der Waals surface area contributed by atoms with E-state index in [1.165, 1.54) is 7.11 Å². The highest BCUT2D eigenvalue weighted by Crippen LogP contribution is 2.19. The molecule has 0 aromatic carbocycles. The number of aryl methyl sites for hydroxylation is 1. The minimum Gasteiger partial charge on any atom is -0.465 e. The van der Waals surface area contributed by atoms with Crippen LogP contribution in [0.25, 0.3) is 17.2 Å². The molecule has 0 saturated heterocycles. The molecule has 0 radical (unpaired) electrons. The SMILES string of the molecule is COC(=O)c1ccc2nnc(-c3cc(C)no3)n2c1. The zero-order valence-electron chi connectivity index (χ0n) is 10.3. The molecule has 96 valence electrons. The van der Waals surface area contributed by atoms with Crippen LogP contribution in [0.15, 0.2) is 28.9 Å². The molecule has 0 N–H and O–H groups in total. The van der Waals surface area contributed by atoms with Gasteiger partial charge in [-0.3, -0.25) is 4.40 Å². The predicted octanol–water partition coefficient (Wildman–Crippen LogP) is 1.48. The Morgan fingerprint density at radius 2 is 2.21 bits per heavy atom. The number of fused-ring (bicyclic) bond motifs is 1. The quantitative estimate of drug-likeness (QED) is 0.647. The first-order valence-corrected chi connectivity index (χ1v) is 5.56. The van der Waals surface area contributed by atoms with Crippen LogP contribution in [0.5, 0.6) is 0 Å². The van der Waals surface area contributed by atoms with Crippen LogP contribution in [-0.4, -0.2) is 32.8 Å². The summed E-state index contributed by atoms with van der Waals surface area (Å²) < 4.78 is 11.5. The van der Waals surface area contributed by atoms with Gasteiger partial charge in [0.15, 0.2) is 5.65 Å². The van der Waals surface area contributed by atoms with Crippen molar-refractivity contribution in [2.75, 3.05) is 7.11 Å². The second kappa shape index (κ2) is 4.20. The zero-order valence-corrected chi connectivity index (χ0v) is 10.3. The fourth-order valence-corrected chi connectivity index (χ4v) is 1.77. The maximum atomic E-state index is 11.5. The van der Waals surface area contributed by atoms with Gasteiger partial charge >= 0.3 is 5.97 Å². The number of rotatable bonds is 2. The van der Waals surface area contributed by atoms with Crippen LogP contribution in [0, 0.1) is 6.92 Å². The lowest BCUT2D eigenvalue weighted by molar-refractivity contribution is 0.0600. The molecule has 3 aromatic rings. The monoisotopic (exact) mass is 258 g/mol. The van der Waals surface area contributed by atoms with E-state index >= 15 is 0 Å². The Hall–Kier alpha value is -2.70. The fraction of sp³-hybridized carbons (Fsp3) is 0.167. The number of hydrogen-bond acceptors (Lipinski definition) is 6. The summed E-state index contributed by atoms with van der Waals surface area (Å²) in [6, 6.07) is 5.07. The molecule has 3 aromatic heterocycles. The van der Waals surface area contributed by atoms with Crippen molar-refractivity contribution in [3.8, 4) is 11.6 Å². The van der Waals surface area contributed by atoms with Crippen LogP contribution < -0.4 is 0 Å². The van der Waals surface area contributed by atoms with Crippen molar-refractivity contribution < 1.29 is 14.1 Å². The number of carbonyl (C=O) groups excluding carboxylic acids is 1. The topological polar surface area (TPSA) is 82.5 Å². The van der Waals surface area contributed by atoms with Crippen LogP contribution in [-0.2, 0) is 4.74 Å². The van der Waals surface area contributed by atoms with Crippen LogP contribution in [0.1, 0.15) is 16.1 Å². The van der Waals surface area contributed by atoms with E-state index in [-0.39, 0.29) is 0 Å². The van der Waals surface area contributed by atoms with Gasteiger partial charge in [-0.05, 0) is 19.1 Å². The molecule has 0 saturated carbocycles. The van der Waals surface area contributed by atoms with Gasteiger partial charge in [-0.25, -0.2) is 4.79 Å². The van der Waals surface area contributed by atoms with E-state index < -0.39 is 5.97 Å². The molecule has 0 spiro atoms. The summed E-state index contributed by atoms with van der Waals surface area (Å²) in [6.07, 6.45) is 1.61. The van der Waals surface area contributed by atoms with Gasteiger partial charge in [-0.15, -0.1) is 10.2 Å². The van der Waals surface area contributed by atoms with E-state index in [9.17, 15) is 4.79 Å². The summed E-state index contributed by atoms with van der Waals surface area (Å²) in [5, 5.41) is 11.8. The maximum Gasteiger partial charge on any atom is 0.339 e. The Morgan fingerprint density at radius 3 is 2.89 bits per heavy atom. The summed E-state index contributed by atoms with van der Waals surface area (Å²) in [7, 11) is 1.33. The molecule has 19 heavy (non-hydrogen) atoms. The summed E-state index contributed by atoms with van der Waals surface area (Å²) in [5.41, 5.74) is 1.76. The number of aromatic nitrogens is 4. The lowest BCUT2D eigenvalue weighted by Crippen LogP contribution is -2.03. The average molecular weight is 258 g/mol. The first kappa shape index (κ1) is 11.4. The largest absolute Gasteiger partial charge is 0.465 e. The highest BCUT2D eigenvalue weighted by molar-refractivity contribution is 5.89. The van der Waals surface area contributed by atoms with Gasteiger partial charge in [0, 0.05) is 12.3 Å². The number of pyridine rings is 1. The van der Waals surface area contributed by atoms with Gasteiger partial charge in [0.2, 0.25) is 11.6 Å². The highest BCUT2D eigenvalue weighted by atomic mass is 16.5. The van der Waals surface area contributed by atoms with Crippen LogP contribution in [0.4, 0.5) is 0 Å². The van der Waals surface area contributed by atoms with Crippen molar-refractivity contribution in [1.82, 2.24) is 19.8 Å². The highest BCUT2D eigenvalue weighted by Gasteiger charge is 2.14. The van der Waals surface area contributed by atoms with E-state index in [0.29, 0.717) is 22.8 Å². The van der Waals surface area contributed by atoms with Crippen molar-refractivity contribution in [2.24, 2.45) is 0 Å². The van der Waals surface area contributed by atoms with E-state index in [1.807, 2.05) is 6.92 Å². The van der Waals surface area contributed by atoms with E-state index in [2.05, 4.69) is 20.1 Å². The van der Waals surface area contributed by atoms with Crippen molar-refractivity contribution in [3.05, 3.63) is 35.7 Å². The molecule has 0 aliphatic heterocycles. The first-order chi connectivity index (χ1) is 9.19. The molecule has 0 amide bonds. The molecule has 0 fully saturated rings. The Morgan fingerprint density at radius 1 is 1.37 bits per heavy atom. The summed E-state index contributed by atoms with van der Waals surface area (Å²) in [6.45, 7) is 1.82. The molecular weight excluding hydrogens is 248 g/mol. The Labute approximate surface area is 107 Å². The normalized spacial score (nSPS) is 10.8.